The van der Waals surface area contributed by atoms with Crippen LogP contribution >= 0.6 is 11.6 Å². The molecule has 0 aliphatic rings. The zero-order valence-electron chi connectivity index (χ0n) is 25.6. The van der Waals surface area contributed by atoms with Crippen molar-refractivity contribution in [3.05, 3.63) is 87.2 Å². The molecule has 0 unspecified atom stereocenters. The maximum absolute atomic E-state index is 6.62. The minimum absolute atomic E-state index is 0. The second-order valence-electron chi connectivity index (χ2n) is 11.1. The predicted molar refractivity (Wildman–Crippen MR) is 162 cm³/mol. The Bertz CT molecular complexity index is 1180. The monoisotopic (exact) mass is 676 g/mol. The van der Waals surface area contributed by atoms with Crippen LogP contribution < -0.4 is 37.2 Å². The van der Waals surface area contributed by atoms with Gasteiger partial charge < -0.3 is 37.2 Å². The Morgan fingerprint density at radius 1 is 0.585 bits per heavy atom. The van der Waals surface area contributed by atoms with E-state index in [1.165, 1.54) is 22.3 Å². The molecule has 0 amide bonds. The van der Waals surface area contributed by atoms with Crippen molar-refractivity contribution in [2.45, 2.75) is 92.9 Å². The summed E-state index contributed by atoms with van der Waals surface area (Å²) in [5.41, 5.74) is 10.3. The number of nitrogens with zero attached hydrogens (tertiary/aromatic N) is 3. The largest absolute Gasteiger partial charge is 3.00 e. The van der Waals surface area contributed by atoms with Crippen molar-refractivity contribution in [2.24, 2.45) is 9.98 Å². The molecule has 3 aromatic rings. The van der Waals surface area contributed by atoms with Crippen molar-refractivity contribution < 1.29 is 54.3 Å². The summed E-state index contributed by atoms with van der Waals surface area (Å²) in [6.07, 6.45) is 0. The molecule has 41 heavy (non-hydrogen) atoms. The van der Waals surface area contributed by atoms with Crippen LogP contribution in [0.4, 0.5) is 11.4 Å². The molecule has 0 spiro atoms. The Morgan fingerprint density at radius 3 is 1.10 bits per heavy atom. The summed E-state index contributed by atoms with van der Waals surface area (Å²) < 4.78 is 0. The molecule has 2 aromatic carbocycles. The van der Waals surface area contributed by atoms with Crippen molar-refractivity contribution in [2.75, 3.05) is 0 Å². The Kier molecular flexibility index (Phi) is 18.6. The fourth-order valence-corrected chi connectivity index (χ4v) is 4.81. The average Bonchev–Trinajstić information content (AvgIpc) is 2.83. The molecule has 0 atom stereocenters. The standard InChI is InChI=1S/C33H42ClN3.3ClH.Fe/c1-19(2)26-13-11-14-27(20(3)4)32(26)35-23(9)30-17-25(34)18-31(37-30)24(10)36-33-28(21(5)6)15-12-16-29(33)22(7)8;;;;/h11-22H,1-10H3;3*1H;/q;;;;+3/p-3. The van der Waals surface area contributed by atoms with Crippen molar-refractivity contribution in [3.63, 3.8) is 0 Å². The number of halogens is 4. The van der Waals surface area contributed by atoms with Crippen LogP contribution in [-0.4, -0.2) is 16.4 Å². The van der Waals surface area contributed by atoms with Crippen LogP contribution in [0.25, 0.3) is 0 Å². The van der Waals surface area contributed by atoms with Crippen LogP contribution in [0, 0.1) is 0 Å². The number of aliphatic imine (C=N–C) groups is 2. The number of aromatic nitrogens is 1. The van der Waals surface area contributed by atoms with Gasteiger partial charge in [0.1, 0.15) is 0 Å². The molecule has 0 fully saturated rings. The van der Waals surface area contributed by atoms with E-state index in [9.17, 15) is 0 Å². The van der Waals surface area contributed by atoms with Gasteiger partial charge in [0.2, 0.25) is 0 Å². The average molecular weight is 678 g/mol. The van der Waals surface area contributed by atoms with Crippen LogP contribution in [0.5, 0.6) is 0 Å². The normalized spacial score (nSPS) is 11.7. The van der Waals surface area contributed by atoms with Gasteiger partial charge in [-0.3, -0.25) is 9.98 Å². The molecular formula is C33H42Cl4FeN3. The summed E-state index contributed by atoms with van der Waals surface area (Å²) in [6, 6.07) is 16.8. The van der Waals surface area contributed by atoms with Crippen molar-refractivity contribution in [3.8, 4) is 0 Å². The Balaban J connectivity index is 0. The van der Waals surface area contributed by atoms with Crippen molar-refractivity contribution in [1.82, 2.24) is 4.98 Å². The molecule has 0 bridgehead atoms. The minimum atomic E-state index is 0. The maximum atomic E-state index is 6.62. The van der Waals surface area contributed by atoms with Gasteiger partial charge in [0.05, 0.1) is 34.2 Å². The molecule has 1 aromatic heterocycles. The van der Waals surface area contributed by atoms with E-state index in [4.69, 9.17) is 26.6 Å². The third-order valence-electron chi connectivity index (χ3n) is 6.78. The first-order valence-corrected chi connectivity index (χ1v) is 13.8. The SMILES string of the molecule is CC(=Nc1c(C(C)C)cccc1C(C)C)c1cc(Cl)cc(C(C)=Nc2c(C(C)C)cccc2C(C)C)n1.[Cl-].[Cl-].[Cl-].[Fe+3]. The fraction of sp³-hybridized carbons (Fsp3) is 0.424. The quantitative estimate of drug-likeness (QED) is 0.263. The topological polar surface area (TPSA) is 37.6 Å². The molecule has 3 rings (SSSR count). The summed E-state index contributed by atoms with van der Waals surface area (Å²) in [5, 5.41) is 0.631. The van der Waals surface area contributed by atoms with E-state index in [1.54, 1.807) is 0 Å². The fourth-order valence-electron chi connectivity index (χ4n) is 4.60. The van der Waals surface area contributed by atoms with E-state index in [1.807, 2.05) is 26.0 Å². The molecule has 3 nitrogen and oxygen atoms in total. The van der Waals surface area contributed by atoms with Crippen molar-refractivity contribution in [1.29, 1.82) is 0 Å². The van der Waals surface area contributed by atoms with Crippen LogP contribution in [0.3, 0.4) is 0 Å². The second kappa shape index (κ2) is 18.3. The van der Waals surface area contributed by atoms with Crippen LogP contribution in [-0.2, 0) is 17.1 Å². The molecule has 0 aliphatic heterocycles. The Labute approximate surface area is 282 Å². The first-order chi connectivity index (χ1) is 17.4. The number of pyridine rings is 1. The zero-order chi connectivity index (χ0) is 27.4. The van der Waals surface area contributed by atoms with Gasteiger partial charge in [0.15, 0.2) is 0 Å². The van der Waals surface area contributed by atoms with E-state index in [-0.39, 0.29) is 54.3 Å². The maximum Gasteiger partial charge on any atom is 3.00 e. The first-order valence-electron chi connectivity index (χ1n) is 13.4. The second-order valence-corrected chi connectivity index (χ2v) is 11.6. The van der Waals surface area contributed by atoms with E-state index in [2.05, 4.69) is 91.8 Å². The molecule has 1 radical (unpaired) electrons. The Hall–Kier alpha value is -1.39. The summed E-state index contributed by atoms with van der Waals surface area (Å²) in [7, 11) is 0. The summed E-state index contributed by atoms with van der Waals surface area (Å²) in [4.78, 5) is 15.2. The molecule has 0 aliphatic carbocycles. The van der Waals surface area contributed by atoms with Gasteiger partial charge in [-0.05, 0) is 71.9 Å². The zero-order valence-corrected chi connectivity index (χ0v) is 29.8. The third-order valence-corrected chi connectivity index (χ3v) is 6.99. The number of benzene rings is 2. The molecular weight excluding hydrogens is 636 g/mol. The van der Waals surface area contributed by atoms with E-state index < -0.39 is 0 Å². The van der Waals surface area contributed by atoms with Gasteiger partial charge in [-0.25, -0.2) is 4.98 Å². The molecule has 0 N–H and O–H groups in total. The van der Waals surface area contributed by atoms with Crippen LogP contribution in [0.15, 0.2) is 58.5 Å². The van der Waals surface area contributed by atoms with Gasteiger partial charge in [-0.2, -0.15) is 0 Å². The van der Waals surface area contributed by atoms with Gasteiger partial charge in [-0.15, -0.1) is 0 Å². The summed E-state index contributed by atoms with van der Waals surface area (Å²) in [5.74, 6) is 1.50. The van der Waals surface area contributed by atoms with Gasteiger partial charge in [0.25, 0.3) is 0 Å². The van der Waals surface area contributed by atoms with Crippen molar-refractivity contribution >= 4 is 34.4 Å². The number of hydrogen-bond acceptors (Lipinski definition) is 3. The summed E-state index contributed by atoms with van der Waals surface area (Å²) >= 11 is 6.62. The predicted octanol–water partition coefficient (Wildman–Crippen LogP) is 1.52. The molecule has 8 heteroatoms. The number of rotatable bonds is 8. The van der Waals surface area contributed by atoms with Gasteiger partial charge in [-0.1, -0.05) is 103 Å². The number of hydrogen-bond donors (Lipinski definition) is 0. The smallest absolute Gasteiger partial charge is 1.00 e. The molecule has 1 heterocycles. The number of para-hydroxylation sites is 2. The van der Waals surface area contributed by atoms with Gasteiger partial charge in [0, 0.05) is 5.02 Å². The molecule has 0 saturated heterocycles. The van der Waals surface area contributed by atoms with E-state index in [0.717, 1.165) is 34.2 Å². The van der Waals surface area contributed by atoms with E-state index in [0.29, 0.717) is 28.7 Å². The molecule has 0 saturated carbocycles. The first kappa shape index (κ1) is 41.7. The van der Waals surface area contributed by atoms with Gasteiger partial charge >= 0.3 is 17.1 Å². The third kappa shape index (κ3) is 10.4. The minimum Gasteiger partial charge on any atom is -1.00 e. The van der Waals surface area contributed by atoms with Crippen LogP contribution in [0.1, 0.15) is 127 Å². The Morgan fingerprint density at radius 2 is 0.854 bits per heavy atom. The molecule has 225 valence electrons. The van der Waals surface area contributed by atoms with E-state index >= 15 is 0 Å². The summed E-state index contributed by atoms with van der Waals surface area (Å²) in [6.45, 7) is 21.7. The van der Waals surface area contributed by atoms with Crippen LogP contribution in [0.2, 0.25) is 5.02 Å².